The molecule has 2 aliphatic rings. The van der Waals surface area contributed by atoms with Gasteiger partial charge in [0.25, 0.3) is 5.91 Å². The number of hydrogen-bond donors (Lipinski definition) is 2. The van der Waals surface area contributed by atoms with Crippen LogP contribution in [0.15, 0.2) is 59.1 Å². The molecule has 2 N–H and O–H groups in total. The van der Waals surface area contributed by atoms with Crippen molar-refractivity contribution in [1.82, 2.24) is 10.6 Å². The largest absolute Gasteiger partial charge is 0.496 e. The second-order valence-electron chi connectivity index (χ2n) is 10.2. The van der Waals surface area contributed by atoms with Gasteiger partial charge in [0.2, 0.25) is 5.91 Å². The van der Waals surface area contributed by atoms with Crippen LogP contribution in [0.4, 0.5) is 5.69 Å². The van der Waals surface area contributed by atoms with Crippen LogP contribution in [0.25, 0.3) is 10.8 Å². The van der Waals surface area contributed by atoms with E-state index in [1.807, 2.05) is 62.4 Å². The van der Waals surface area contributed by atoms with Gasteiger partial charge in [-0.25, -0.2) is 0 Å². The number of carbonyl (C=O) groups excluding carboxylic acids is 2. The summed E-state index contributed by atoms with van der Waals surface area (Å²) in [5.41, 5.74) is 0.741. The molecule has 3 aromatic rings. The highest BCUT2D eigenvalue weighted by Gasteiger charge is 2.51. The van der Waals surface area contributed by atoms with Crippen LogP contribution in [0, 0.1) is 5.92 Å². The molecule has 0 saturated carbocycles. The van der Waals surface area contributed by atoms with Gasteiger partial charge in [-0.3, -0.25) is 9.59 Å². The number of para-hydroxylation sites is 2. The average molecular weight is 581 g/mol. The Bertz CT molecular complexity index is 1350. The summed E-state index contributed by atoms with van der Waals surface area (Å²) in [7, 11) is 1.64. The quantitative estimate of drug-likeness (QED) is 0.420. The van der Waals surface area contributed by atoms with Crippen LogP contribution < -0.4 is 25.0 Å². The number of methoxy groups -OCH3 is 1. The van der Waals surface area contributed by atoms with Gasteiger partial charge in [0.05, 0.1) is 19.3 Å². The van der Waals surface area contributed by atoms with Gasteiger partial charge >= 0.3 is 0 Å². The average Bonchev–Trinajstić information content (AvgIpc) is 3.02. The van der Waals surface area contributed by atoms with Gasteiger partial charge in [0.1, 0.15) is 23.1 Å². The summed E-state index contributed by atoms with van der Waals surface area (Å²) >= 11 is 3.56. The number of hydrogen-bond acceptors (Lipinski definition) is 5. The summed E-state index contributed by atoms with van der Waals surface area (Å²) in [5.74, 6) is 0.824. The third-order valence-electron chi connectivity index (χ3n) is 7.89. The lowest BCUT2D eigenvalue weighted by Crippen LogP contribution is -2.65. The minimum absolute atomic E-state index is 0.133. The minimum Gasteiger partial charge on any atom is -0.496 e. The van der Waals surface area contributed by atoms with Crippen LogP contribution in [-0.2, 0) is 16.1 Å². The molecule has 1 spiro atoms. The van der Waals surface area contributed by atoms with E-state index in [9.17, 15) is 9.59 Å². The molecule has 1 saturated heterocycles. The molecule has 8 heteroatoms. The first kappa shape index (κ1) is 26.5. The van der Waals surface area contributed by atoms with Crippen LogP contribution in [-0.4, -0.2) is 43.7 Å². The van der Waals surface area contributed by atoms with E-state index in [1.54, 1.807) is 12.0 Å². The van der Waals surface area contributed by atoms with Gasteiger partial charge in [0, 0.05) is 28.8 Å². The zero-order valence-electron chi connectivity index (χ0n) is 22.1. The fraction of sp³-hybridized carbons (Fsp3) is 0.400. The van der Waals surface area contributed by atoms with Crippen molar-refractivity contribution in [2.24, 2.45) is 5.92 Å². The smallest absolute Gasteiger partial charge is 0.254 e. The summed E-state index contributed by atoms with van der Waals surface area (Å²) in [6.45, 7) is 5.54. The van der Waals surface area contributed by atoms with E-state index in [0.717, 1.165) is 20.8 Å². The number of nitrogens with zero attached hydrogens (tertiary/aromatic N) is 1. The van der Waals surface area contributed by atoms with Gasteiger partial charge in [0.15, 0.2) is 0 Å². The third-order valence-corrected chi connectivity index (χ3v) is 8.38. The lowest BCUT2D eigenvalue weighted by molar-refractivity contribution is -0.135. The van der Waals surface area contributed by atoms with Crippen molar-refractivity contribution in [3.63, 3.8) is 0 Å². The van der Waals surface area contributed by atoms with Crippen LogP contribution in [0.5, 0.6) is 11.5 Å². The van der Waals surface area contributed by atoms with Gasteiger partial charge in [-0.1, -0.05) is 54.0 Å². The Kier molecular flexibility index (Phi) is 7.63. The third kappa shape index (κ3) is 4.87. The molecule has 2 heterocycles. The van der Waals surface area contributed by atoms with Crippen LogP contribution in [0.1, 0.15) is 38.7 Å². The molecule has 5 rings (SSSR count). The predicted octanol–water partition coefficient (Wildman–Crippen LogP) is 5.19. The highest BCUT2D eigenvalue weighted by molar-refractivity contribution is 9.10. The Morgan fingerprint density at radius 2 is 1.97 bits per heavy atom. The first-order valence-corrected chi connectivity index (χ1v) is 14.0. The molecule has 2 amide bonds. The number of nitrogens with one attached hydrogen (secondary N) is 2. The van der Waals surface area contributed by atoms with Crippen molar-refractivity contribution in [2.75, 3.05) is 25.1 Å². The Labute approximate surface area is 232 Å². The predicted molar refractivity (Wildman–Crippen MR) is 153 cm³/mol. The number of rotatable bonds is 6. The zero-order valence-corrected chi connectivity index (χ0v) is 23.6. The molecule has 0 bridgehead atoms. The number of anilines is 1. The molecule has 2 aliphatic heterocycles. The van der Waals surface area contributed by atoms with Crippen molar-refractivity contribution in [3.8, 4) is 11.5 Å². The Morgan fingerprint density at radius 3 is 2.71 bits per heavy atom. The van der Waals surface area contributed by atoms with Gasteiger partial charge in [-0.15, -0.1) is 0 Å². The molecule has 38 heavy (non-hydrogen) atoms. The van der Waals surface area contributed by atoms with Crippen molar-refractivity contribution >= 4 is 44.2 Å². The van der Waals surface area contributed by atoms with E-state index >= 15 is 0 Å². The summed E-state index contributed by atoms with van der Waals surface area (Å²) in [4.78, 5) is 29.5. The monoisotopic (exact) mass is 579 g/mol. The first-order chi connectivity index (χ1) is 18.4. The summed E-state index contributed by atoms with van der Waals surface area (Å²) in [6.07, 6.45) is 1.91. The maximum atomic E-state index is 14.6. The van der Waals surface area contributed by atoms with Crippen molar-refractivity contribution in [2.45, 2.75) is 51.3 Å². The van der Waals surface area contributed by atoms with E-state index < -0.39 is 11.6 Å². The van der Waals surface area contributed by atoms with Crippen molar-refractivity contribution in [1.29, 1.82) is 0 Å². The number of amides is 2. The molecular weight excluding hydrogens is 546 g/mol. The first-order valence-electron chi connectivity index (χ1n) is 13.2. The zero-order chi connectivity index (χ0) is 26.9. The van der Waals surface area contributed by atoms with Crippen molar-refractivity contribution < 1.29 is 19.1 Å². The second-order valence-corrected chi connectivity index (χ2v) is 11.1. The standard InChI is InChI=1S/C30H34BrN3O4/c1-4-19(2)28(35)33-27-29(36)34(18-23-22-11-10-21(31)17-20(22)9-12-25(23)37-3)24-7-5-6-8-26(24)38-30(27)13-15-32-16-14-30/h5-12,17,19,27,32H,4,13-16,18H2,1-3H3,(H,33,35)/t19-,27-/m1/s1. The lowest BCUT2D eigenvalue weighted by atomic mass is 9.83. The normalized spacial score (nSPS) is 19.4. The van der Waals surface area contributed by atoms with Gasteiger partial charge in [-0.2, -0.15) is 0 Å². The van der Waals surface area contributed by atoms with E-state index in [0.29, 0.717) is 49.5 Å². The molecule has 2 atom stereocenters. The topological polar surface area (TPSA) is 79.9 Å². The van der Waals surface area contributed by atoms with E-state index in [4.69, 9.17) is 9.47 Å². The van der Waals surface area contributed by atoms with Crippen LogP contribution in [0.2, 0.25) is 0 Å². The summed E-state index contributed by atoms with van der Waals surface area (Å²) in [6, 6.07) is 16.9. The molecular formula is C30H34BrN3O4. The molecule has 0 unspecified atom stereocenters. The number of carbonyl (C=O) groups is 2. The van der Waals surface area contributed by atoms with Gasteiger partial charge in [-0.05, 0) is 60.6 Å². The molecule has 1 fully saturated rings. The molecule has 0 aromatic heterocycles. The van der Waals surface area contributed by atoms with Crippen LogP contribution in [0.3, 0.4) is 0 Å². The number of ether oxygens (including phenoxy) is 2. The molecule has 200 valence electrons. The summed E-state index contributed by atoms with van der Waals surface area (Å²) in [5, 5.41) is 8.54. The van der Waals surface area contributed by atoms with E-state index in [-0.39, 0.29) is 24.3 Å². The summed E-state index contributed by atoms with van der Waals surface area (Å²) < 4.78 is 13.5. The lowest BCUT2D eigenvalue weighted by Gasteiger charge is -2.42. The molecule has 0 radical (unpaired) electrons. The maximum absolute atomic E-state index is 14.6. The number of piperidine rings is 1. The number of fused-ring (bicyclic) bond motifs is 2. The molecule has 3 aromatic carbocycles. The van der Waals surface area contributed by atoms with Gasteiger partial charge < -0.3 is 25.0 Å². The Morgan fingerprint density at radius 1 is 1.21 bits per heavy atom. The van der Waals surface area contributed by atoms with Crippen LogP contribution >= 0.6 is 15.9 Å². The molecule has 0 aliphatic carbocycles. The van der Waals surface area contributed by atoms with Crippen molar-refractivity contribution in [3.05, 3.63) is 64.6 Å². The van der Waals surface area contributed by atoms with E-state index in [1.165, 1.54) is 0 Å². The number of halogens is 1. The minimum atomic E-state index is -0.843. The SMILES string of the molecule is CC[C@@H](C)C(=O)N[C@@H]1C(=O)N(Cc2c(OC)ccc3cc(Br)ccc23)c2ccccc2OC12CCNCC2. The fourth-order valence-electron chi connectivity index (χ4n) is 5.47. The number of benzene rings is 3. The maximum Gasteiger partial charge on any atom is 0.254 e. The Balaban J connectivity index is 1.64. The fourth-order valence-corrected chi connectivity index (χ4v) is 5.85. The highest BCUT2D eigenvalue weighted by atomic mass is 79.9. The molecule has 7 nitrogen and oxygen atoms in total. The highest BCUT2D eigenvalue weighted by Crippen LogP contribution is 2.42. The second kappa shape index (κ2) is 10.9. The Hall–Kier alpha value is -3.10. The van der Waals surface area contributed by atoms with E-state index in [2.05, 4.69) is 32.6 Å².